The molecule has 1 amide bonds. The molecule has 1 aliphatic rings. The number of piperidine rings is 1. The Labute approximate surface area is 144 Å². The monoisotopic (exact) mass is 325 g/mol. The van der Waals surface area contributed by atoms with Crippen LogP contribution in [0.3, 0.4) is 0 Å². The summed E-state index contributed by atoms with van der Waals surface area (Å²) in [5.74, 6) is 0.0114. The third-order valence-electron chi connectivity index (χ3n) is 4.87. The van der Waals surface area contributed by atoms with Crippen LogP contribution in [0, 0.1) is 13.8 Å². The molecule has 1 aromatic carbocycles. The highest BCUT2D eigenvalue weighted by Gasteiger charge is 2.21. The predicted molar refractivity (Wildman–Crippen MR) is 98.4 cm³/mol. The topological polar surface area (TPSA) is 45.2 Å². The summed E-state index contributed by atoms with van der Waals surface area (Å²) in [5, 5.41) is 4.24. The van der Waals surface area contributed by atoms with Crippen molar-refractivity contribution in [2.75, 3.05) is 19.6 Å². The van der Waals surface area contributed by atoms with Crippen LogP contribution >= 0.6 is 0 Å². The van der Waals surface area contributed by atoms with E-state index in [1.165, 1.54) is 12.0 Å². The van der Waals surface area contributed by atoms with Crippen LogP contribution in [0.4, 0.5) is 0 Å². The van der Waals surface area contributed by atoms with Gasteiger partial charge in [-0.1, -0.05) is 18.6 Å². The number of rotatable bonds is 4. The van der Waals surface area contributed by atoms with E-state index >= 15 is 0 Å². The highest BCUT2D eigenvalue weighted by atomic mass is 16.1. The second kappa shape index (κ2) is 7.31. The summed E-state index contributed by atoms with van der Waals surface area (Å²) >= 11 is 0. The summed E-state index contributed by atoms with van der Waals surface area (Å²) in [6.07, 6.45) is 3.26. The smallest absolute Gasteiger partial charge is 0.253 e. The molecule has 2 aromatic rings. The summed E-state index contributed by atoms with van der Waals surface area (Å²) in [6, 6.07) is 8.41. The second-order valence-electron chi connectivity index (χ2n) is 6.91. The zero-order valence-electron chi connectivity index (χ0n) is 14.9. The molecular weight excluding hydrogens is 298 g/mol. The number of hydrogen-bond donors (Lipinski definition) is 1. The quantitative estimate of drug-likeness (QED) is 0.936. The van der Waals surface area contributed by atoms with Gasteiger partial charge >= 0.3 is 0 Å². The number of carbonyl (C=O) groups excluding carboxylic acids is 1. The van der Waals surface area contributed by atoms with Crippen molar-refractivity contribution in [2.24, 2.45) is 0 Å². The van der Waals surface area contributed by atoms with Crippen LogP contribution < -0.4 is 5.32 Å². The van der Waals surface area contributed by atoms with Gasteiger partial charge in [-0.2, -0.15) is 0 Å². The first kappa shape index (κ1) is 16.9. The van der Waals surface area contributed by atoms with Crippen LogP contribution in [-0.2, 0) is 0 Å². The number of aryl methyl sites for hydroxylation is 2. The van der Waals surface area contributed by atoms with Crippen LogP contribution in [0.25, 0.3) is 10.9 Å². The molecule has 0 spiro atoms. The lowest BCUT2D eigenvalue weighted by Gasteiger charge is -2.32. The van der Waals surface area contributed by atoms with Crippen LogP contribution in [-0.4, -0.2) is 41.5 Å². The van der Waals surface area contributed by atoms with Crippen LogP contribution in [0.2, 0.25) is 0 Å². The molecule has 0 bridgehead atoms. The molecule has 0 unspecified atom stereocenters. The molecule has 1 saturated heterocycles. The van der Waals surface area contributed by atoms with E-state index in [1.54, 1.807) is 0 Å². The average molecular weight is 325 g/mol. The number of nitrogens with zero attached hydrogens (tertiary/aromatic N) is 2. The van der Waals surface area contributed by atoms with E-state index in [0.29, 0.717) is 5.56 Å². The lowest BCUT2D eigenvalue weighted by Crippen LogP contribution is -2.44. The SMILES string of the molecule is CCCN1CCC(NC(=O)c2cc3cc(C)ccc3nc2C)CC1. The van der Waals surface area contributed by atoms with Gasteiger partial charge in [-0.05, 0) is 57.9 Å². The first-order valence-electron chi connectivity index (χ1n) is 8.98. The van der Waals surface area contributed by atoms with Gasteiger partial charge in [0, 0.05) is 24.5 Å². The Morgan fingerprint density at radius 2 is 2.00 bits per heavy atom. The fourth-order valence-corrected chi connectivity index (χ4v) is 3.50. The normalized spacial score (nSPS) is 16.5. The van der Waals surface area contributed by atoms with Crippen LogP contribution in [0.5, 0.6) is 0 Å². The van der Waals surface area contributed by atoms with E-state index in [2.05, 4.69) is 41.2 Å². The first-order valence-corrected chi connectivity index (χ1v) is 8.98. The number of likely N-dealkylation sites (tertiary alicyclic amines) is 1. The zero-order valence-corrected chi connectivity index (χ0v) is 14.9. The van der Waals surface area contributed by atoms with Crippen molar-refractivity contribution >= 4 is 16.8 Å². The number of nitrogens with one attached hydrogen (secondary N) is 1. The molecule has 0 radical (unpaired) electrons. The number of aromatic nitrogens is 1. The third-order valence-corrected chi connectivity index (χ3v) is 4.87. The highest BCUT2D eigenvalue weighted by molar-refractivity contribution is 5.98. The minimum absolute atomic E-state index is 0.0114. The summed E-state index contributed by atoms with van der Waals surface area (Å²) in [6.45, 7) is 9.50. The van der Waals surface area contributed by atoms with E-state index in [9.17, 15) is 4.79 Å². The van der Waals surface area contributed by atoms with E-state index in [4.69, 9.17) is 0 Å². The number of benzene rings is 1. The molecule has 0 atom stereocenters. The molecule has 0 aliphatic carbocycles. The minimum Gasteiger partial charge on any atom is -0.349 e. The maximum Gasteiger partial charge on any atom is 0.253 e. The van der Waals surface area contributed by atoms with Gasteiger partial charge in [0.25, 0.3) is 5.91 Å². The molecule has 3 rings (SSSR count). The summed E-state index contributed by atoms with van der Waals surface area (Å²) in [5.41, 5.74) is 3.63. The molecule has 1 aliphatic heterocycles. The number of fused-ring (bicyclic) bond motifs is 1. The Morgan fingerprint density at radius 1 is 1.25 bits per heavy atom. The van der Waals surface area contributed by atoms with Crippen LogP contribution in [0.15, 0.2) is 24.3 Å². The Balaban J connectivity index is 1.71. The van der Waals surface area contributed by atoms with Crippen LogP contribution in [0.1, 0.15) is 47.8 Å². The second-order valence-corrected chi connectivity index (χ2v) is 6.91. The predicted octanol–water partition coefficient (Wildman–Crippen LogP) is 3.46. The first-order chi connectivity index (χ1) is 11.6. The van der Waals surface area contributed by atoms with Gasteiger partial charge in [-0.25, -0.2) is 0 Å². The van der Waals surface area contributed by atoms with Gasteiger partial charge in [0.2, 0.25) is 0 Å². The van der Waals surface area contributed by atoms with Gasteiger partial charge in [-0.3, -0.25) is 9.78 Å². The van der Waals surface area contributed by atoms with Crippen molar-refractivity contribution in [2.45, 2.75) is 46.1 Å². The molecule has 1 fully saturated rings. The molecule has 1 N–H and O–H groups in total. The number of hydrogen-bond acceptors (Lipinski definition) is 3. The molecule has 1 aromatic heterocycles. The van der Waals surface area contributed by atoms with Crippen molar-refractivity contribution in [3.05, 3.63) is 41.1 Å². The standard InChI is InChI=1S/C20H27N3O/c1-4-9-23-10-7-17(8-11-23)22-20(24)18-13-16-12-14(2)5-6-19(16)21-15(18)3/h5-6,12-13,17H,4,7-11H2,1-3H3,(H,22,24). The Kier molecular flexibility index (Phi) is 5.14. The van der Waals surface area contributed by atoms with E-state index in [1.807, 2.05) is 19.1 Å². The molecule has 4 heteroatoms. The summed E-state index contributed by atoms with van der Waals surface area (Å²) < 4.78 is 0. The van der Waals surface area contributed by atoms with Crippen molar-refractivity contribution in [1.29, 1.82) is 0 Å². The van der Waals surface area contributed by atoms with Crippen molar-refractivity contribution in [3.8, 4) is 0 Å². The lowest BCUT2D eigenvalue weighted by atomic mass is 10.0. The maximum absolute atomic E-state index is 12.7. The highest BCUT2D eigenvalue weighted by Crippen LogP contribution is 2.19. The van der Waals surface area contributed by atoms with Gasteiger partial charge in [0.15, 0.2) is 0 Å². The molecular formula is C20H27N3O. The summed E-state index contributed by atoms with van der Waals surface area (Å²) in [4.78, 5) is 19.8. The fraction of sp³-hybridized carbons (Fsp3) is 0.500. The van der Waals surface area contributed by atoms with Gasteiger partial charge < -0.3 is 10.2 Å². The Morgan fingerprint density at radius 3 is 2.71 bits per heavy atom. The van der Waals surface area contributed by atoms with Crippen molar-refractivity contribution in [1.82, 2.24) is 15.2 Å². The summed E-state index contributed by atoms with van der Waals surface area (Å²) in [7, 11) is 0. The van der Waals surface area contributed by atoms with Crippen molar-refractivity contribution in [3.63, 3.8) is 0 Å². The Bertz CT molecular complexity index is 733. The third kappa shape index (κ3) is 3.75. The van der Waals surface area contributed by atoms with Gasteiger partial charge in [0.1, 0.15) is 0 Å². The Hall–Kier alpha value is -1.94. The van der Waals surface area contributed by atoms with Gasteiger partial charge in [-0.15, -0.1) is 0 Å². The van der Waals surface area contributed by atoms with E-state index < -0.39 is 0 Å². The average Bonchev–Trinajstić information content (AvgIpc) is 2.56. The number of pyridine rings is 1. The number of amides is 1. The van der Waals surface area contributed by atoms with E-state index in [0.717, 1.165) is 49.1 Å². The fourth-order valence-electron chi connectivity index (χ4n) is 3.50. The minimum atomic E-state index is 0.0114. The van der Waals surface area contributed by atoms with E-state index in [-0.39, 0.29) is 11.9 Å². The van der Waals surface area contributed by atoms with Crippen molar-refractivity contribution < 1.29 is 4.79 Å². The number of carbonyl (C=O) groups is 1. The molecule has 2 heterocycles. The zero-order chi connectivity index (χ0) is 17.1. The molecule has 4 nitrogen and oxygen atoms in total. The molecule has 24 heavy (non-hydrogen) atoms. The largest absolute Gasteiger partial charge is 0.349 e. The molecule has 128 valence electrons. The van der Waals surface area contributed by atoms with Gasteiger partial charge in [0.05, 0.1) is 16.8 Å². The maximum atomic E-state index is 12.7. The lowest BCUT2D eigenvalue weighted by molar-refractivity contribution is 0.0910. The molecule has 0 saturated carbocycles.